The van der Waals surface area contributed by atoms with Gasteiger partial charge in [-0.3, -0.25) is 4.99 Å². The number of nitrogens with zero attached hydrogens (tertiary/aromatic N) is 1. The molecule has 2 rings (SSSR count). The van der Waals surface area contributed by atoms with Crippen LogP contribution in [0.4, 0.5) is 10.1 Å². The minimum Gasteiger partial charge on any atom is -0.496 e. The highest BCUT2D eigenvalue weighted by atomic mass is 19.1. The van der Waals surface area contributed by atoms with Gasteiger partial charge < -0.3 is 9.47 Å². The molecule has 0 heterocycles. The molecule has 0 aliphatic carbocycles. The lowest BCUT2D eigenvalue weighted by atomic mass is 9.95. The first kappa shape index (κ1) is 18.4. The Kier molecular flexibility index (Phi) is 6.06. The number of esters is 1. The number of hydrogen-bond acceptors (Lipinski definition) is 4. The molecule has 0 spiro atoms. The van der Waals surface area contributed by atoms with E-state index < -0.39 is 11.8 Å². The molecule has 130 valence electrons. The van der Waals surface area contributed by atoms with Crippen molar-refractivity contribution in [3.8, 4) is 16.9 Å². The standard InChI is InChI=1S/C20H20FNO3/c1-5-10-22-17-12-14(15(20(23)25-4)11-13(17)6-2)19-16(21)8-7-9-18(19)24-3/h6-12H,2,5H2,1,3-4H3. The Morgan fingerprint density at radius 3 is 2.68 bits per heavy atom. The van der Waals surface area contributed by atoms with Crippen LogP contribution in [-0.2, 0) is 4.74 Å². The van der Waals surface area contributed by atoms with Crippen LogP contribution < -0.4 is 4.74 Å². The Bertz CT molecular complexity index is 828. The van der Waals surface area contributed by atoms with Gasteiger partial charge in [0.25, 0.3) is 0 Å². The van der Waals surface area contributed by atoms with Gasteiger partial charge in [-0.15, -0.1) is 0 Å². The number of carbonyl (C=O) groups excluding carboxylic acids is 1. The molecular weight excluding hydrogens is 321 g/mol. The lowest BCUT2D eigenvalue weighted by molar-refractivity contribution is 0.0601. The van der Waals surface area contributed by atoms with Gasteiger partial charge in [-0.1, -0.05) is 25.6 Å². The van der Waals surface area contributed by atoms with Crippen molar-refractivity contribution >= 4 is 23.9 Å². The van der Waals surface area contributed by atoms with Gasteiger partial charge in [-0.2, -0.15) is 0 Å². The Morgan fingerprint density at radius 1 is 1.32 bits per heavy atom. The van der Waals surface area contributed by atoms with E-state index in [0.717, 1.165) is 6.42 Å². The zero-order chi connectivity index (χ0) is 18.4. The molecule has 0 radical (unpaired) electrons. The third kappa shape index (κ3) is 3.76. The lowest BCUT2D eigenvalue weighted by Crippen LogP contribution is -2.06. The first-order valence-electron chi connectivity index (χ1n) is 7.81. The Hall–Kier alpha value is -2.95. The fourth-order valence-electron chi connectivity index (χ4n) is 2.49. The number of rotatable bonds is 6. The molecule has 2 aromatic rings. The molecule has 0 atom stereocenters. The number of benzene rings is 2. The molecule has 5 heteroatoms. The molecule has 4 nitrogen and oxygen atoms in total. The minimum atomic E-state index is -0.575. The highest BCUT2D eigenvalue weighted by Crippen LogP contribution is 2.38. The van der Waals surface area contributed by atoms with Crippen LogP contribution in [0.25, 0.3) is 17.2 Å². The number of carbonyl (C=O) groups is 1. The van der Waals surface area contributed by atoms with Crippen molar-refractivity contribution in [1.82, 2.24) is 0 Å². The predicted molar refractivity (Wildman–Crippen MR) is 98.3 cm³/mol. The number of aliphatic imine (C=N–C) groups is 1. The maximum absolute atomic E-state index is 14.5. The summed E-state index contributed by atoms with van der Waals surface area (Å²) in [4.78, 5) is 16.6. The molecular formula is C20H20FNO3. The molecule has 0 aliphatic heterocycles. The normalized spacial score (nSPS) is 10.7. The predicted octanol–water partition coefficient (Wildman–Crippen LogP) is 5.04. The fraction of sp³-hybridized carbons (Fsp3) is 0.200. The summed E-state index contributed by atoms with van der Waals surface area (Å²) in [5, 5.41) is 0. The van der Waals surface area contributed by atoms with Crippen LogP contribution >= 0.6 is 0 Å². The SMILES string of the molecule is C=Cc1cc(C(=O)OC)c(-c2c(F)cccc2OC)cc1N=CCC. The van der Waals surface area contributed by atoms with Crippen LogP contribution in [0, 0.1) is 5.82 Å². The van der Waals surface area contributed by atoms with Gasteiger partial charge in [0, 0.05) is 17.3 Å². The largest absolute Gasteiger partial charge is 0.496 e. The molecule has 25 heavy (non-hydrogen) atoms. The van der Waals surface area contributed by atoms with E-state index in [0.29, 0.717) is 22.6 Å². The fourth-order valence-corrected chi connectivity index (χ4v) is 2.49. The summed E-state index contributed by atoms with van der Waals surface area (Å²) in [6.07, 6.45) is 4.08. The molecule has 0 saturated heterocycles. The first-order valence-corrected chi connectivity index (χ1v) is 7.81. The van der Waals surface area contributed by atoms with Gasteiger partial charge in [-0.25, -0.2) is 9.18 Å². The molecule has 0 amide bonds. The molecule has 0 N–H and O–H groups in total. The van der Waals surface area contributed by atoms with Crippen molar-refractivity contribution in [1.29, 1.82) is 0 Å². The van der Waals surface area contributed by atoms with E-state index >= 15 is 0 Å². The molecule has 0 aromatic heterocycles. The number of hydrogen-bond donors (Lipinski definition) is 0. The lowest BCUT2D eigenvalue weighted by Gasteiger charge is -2.15. The van der Waals surface area contributed by atoms with Gasteiger partial charge in [0.15, 0.2) is 0 Å². The van der Waals surface area contributed by atoms with E-state index in [2.05, 4.69) is 11.6 Å². The van der Waals surface area contributed by atoms with E-state index in [1.807, 2.05) is 6.92 Å². The Labute approximate surface area is 146 Å². The van der Waals surface area contributed by atoms with Crippen LogP contribution in [0.1, 0.15) is 29.3 Å². The maximum atomic E-state index is 14.5. The summed E-state index contributed by atoms with van der Waals surface area (Å²) in [7, 11) is 2.73. The van der Waals surface area contributed by atoms with E-state index in [9.17, 15) is 9.18 Å². The maximum Gasteiger partial charge on any atom is 0.338 e. The third-order valence-corrected chi connectivity index (χ3v) is 3.67. The van der Waals surface area contributed by atoms with E-state index in [1.165, 1.54) is 20.3 Å². The number of ether oxygens (including phenoxy) is 2. The smallest absolute Gasteiger partial charge is 0.338 e. The van der Waals surface area contributed by atoms with Gasteiger partial charge >= 0.3 is 5.97 Å². The second kappa shape index (κ2) is 8.24. The quantitative estimate of drug-likeness (QED) is 0.546. The van der Waals surface area contributed by atoms with Crippen LogP contribution in [0.15, 0.2) is 41.9 Å². The first-order chi connectivity index (χ1) is 12.1. The van der Waals surface area contributed by atoms with E-state index in [1.54, 1.807) is 36.6 Å². The van der Waals surface area contributed by atoms with E-state index in [-0.39, 0.29) is 11.1 Å². The Morgan fingerprint density at radius 2 is 2.08 bits per heavy atom. The monoisotopic (exact) mass is 341 g/mol. The average Bonchev–Trinajstić information content (AvgIpc) is 2.64. The molecule has 0 unspecified atom stereocenters. The number of methoxy groups -OCH3 is 2. The van der Waals surface area contributed by atoms with Crippen molar-refractivity contribution in [2.24, 2.45) is 4.99 Å². The zero-order valence-electron chi connectivity index (χ0n) is 14.5. The molecule has 0 bridgehead atoms. The van der Waals surface area contributed by atoms with Gasteiger partial charge in [0.2, 0.25) is 0 Å². The van der Waals surface area contributed by atoms with Gasteiger partial charge in [0.05, 0.1) is 31.0 Å². The van der Waals surface area contributed by atoms with Crippen molar-refractivity contribution in [2.75, 3.05) is 14.2 Å². The van der Waals surface area contributed by atoms with Crippen LogP contribution in [0.3, 0.4) is 0 Å². The van der Waals surface area contributed by atoms with E-state index in [4.69, 9.17) is 9.47 Å². The average molecular weight is 341 g/mol. The second-order valence-corrected chi connectivity index (χ2v) is 5.19. The van der Waals surface area contributed by atoms with Crippen LogP contribution in [0.2, 0.25) is 0 Å². The molecule has 0 aliphatic rings. The zero-order valence-corrected chi connectivity index (χ0v) is 14.5. The number of halogens is 1. The van der Waals surface area contributed by atoms with Crippen molar-refractivity contribution in [3.63, 3.8) is 0 Å². The van der Waals surface area contributed by atoms with Crippen LogP contribution in [-0.4, -0.2) is 26.4 Å². The van der Waals surface area contributed by atoms with Gasteiger partial charge in [-0.05, 0) is 30.7 Å². The third-order valence-electron chi connectivity index (χ3n) is 3.67. The highest BCUT2D eigenvalue weighted by Gasteiger charge is 2.21. The summed E-state index contributed by atoms with van der Waals surface area (Å²) < 4.78 is 24.7. The van der Waals surface area contributed by atoms with Gasteiger partial charge in [0.1, 0.15) is 11.6 Å². The van der Waals surface area contributed by atoms with Crippen molar-refractivity contribution < 1.29 is 18.7 Å². The second-order valence-electron chi connectivity index (χ2n) is 5.19. The Balaban J connectivity index is 2.85. The summed E-state index contributed by atoms with van der Waals surface area (Å²) in [6.45, 7) is 5.71. The molecule has 0 fully saturated rings. The van der Waals surface area contributed by atoms with Crippen molar-refractivity contribution in [2.45, 2.75) is 13.3 Å². The van der Waals surface area contributed by atoms with Crippen molar-refractivity contribution in [3.05, 3.63) is 53.9 Å². The molecule has 2 aromatic carbocycles. The molecule has 0 saturated carbocycles. The summed E-state index contributed by atoms with van der Waals surface area (Å²) in [5.41, 5.74) is 2.01. The summed E-state index contributed by atoms with van der Waals surface area (Å²) >= 11 is 0. The highest BCUT2D eigenvalue weighted by molar-refractivity contribution is 6.00. The summed E-state index contributed by atoms with van der Waals surface area (Å²) in [6, 6.07) is 7.74. The summed E-state index contributed by atoms with van der Waals surface area (Å²) in [5.74, 6) is -0.752. The topological polar surface area (TPSA) is 47.9 Å². The van der Waals surface area contributed by atoms with Crippen LogP contribution in [0.5, 0.6) is 5.75 Å². The minimum absolute atomic E-state index is 0.189.